The second-order valence-electron chi connectivity index (χ2n) is 15.9. The first-order valence-electron chi connectivity index (χ1n) is 24.4. The third-order valence-electron chi connectivity index (χ3n) is 10.1. The molecule has 0 rings (SSSR count). The molecule has 0 aliphatic heterocycles. The number of nitrogens with two attached hydrogens (primary N) is 1. The van der Waals surface area contributed by atoms with Gasteiger partial charge in [-0.1, -0.05) is 183 Å². The molecular formula is C51H90NO8P. The summed E-state index contributed by atoms with van der Waals surface area (Å²) in [6.45, 7) is 3.60. The first-order valence-corrected chi connectivity index (χ1v) is 25.9. The molecule has 3 N–H and O–H groups in total. The van der Waals surface area contributed by atoms with E-state index in [0.717, 1.165) is 96.3 Å². The Labute approximate surface area is 373 Å². The Morgan fingerprint density at radius 1 is 0.508 bits per heavy atom. The van der Waals surface area contributed by atoms with Crippen molar-refractivity contribution in [3.63, 3.8) is 0 Å². The molecule has 61 heavy (non-hydrogen) atoms. The lowest BCUT2D eigenvalue weighted by molar-refractivity contribution is -0.161. The van der Waals surface area contributed by atoms with Gasteiger partial charge >= 0.3 is 19.8 Å². The van der Waals surface area contributed by atoms with Gasteiger partial charge in [0, 0.05) is 19.4 Å². The van der Waals surface area contributed by atoms with E-state index in [2.05, 4.69) is 86.8 Å². The van der Waals surface area contributed by atoms with E-state index in [0.29, 0.717) is 6.42 Å². The summed E-state index contributed by atoms with van der Waals surface area (Å²) in [6, 6.07) is 0. The fraction of sp³-hybridized carbons (Fsp3) is 0.725. The number of hydrogen-bond donors (Lipinski definition) is 2. The minimum atomic E-state index is -4.39. The highest BCUT2D eigenvalue weighted by atomic mass is 31.2. The summed E-state index contributed by atoms with van der Waals surface area (Å²) in [4.78, 5) is 35.0. The summed E-state index contributed by atoms with van der Waals surface area (Å²) in [5, 5.41) is 0. The molecule has 0 aliphatic rings. The van der Waals surface area contributed by atoms with Gasteiger partial charge in [-0.3, -0.25) is 18.6 Å². The topological polar surface area (TPSA) is 134 Å². The zero-order chi connectivity index (χ0) is 44.6. The van der Waals surface area contributed by atoms with Gasteiger partial charge in [-0.05, 0) is 83.5 Å². The first kappa shape index (κ1) is 58.5. The molecule has 0 fully saturated rings. The molecule has 0 heterocycles. The molecule has 2 atom stereocenters. The van der Waals surface area contributed by atoms with Crippen LogP contribution in [0.2, 0.25) is 0 Å². The normalized spacial score (nSPS) is 13.8. The van der Waals surface area contributed by atoms with Crippen molar-refractivity contribution in [1.29, 1.82) is 0 Å². The van der Waals surface area contributed by atoms with Crippen LogP contribution < -0.4 is 5.73 Å². The number of carbonyl (C=O) groups is 2. The van der Waals surface area contributed by atoms with Crippen molar-refractivity contribution in [2.45, 2.75) is 213 Å². The van der Waals surface area contributed by atoms with E-state index in [-0.39, 0.29) is 32.6 Å². The van der Waals surface area contributed by atoms with Gasteiger partial charge in [-0.2, -0.15) is 0 Å². The Bertz CT molecular complexity index is 1230. The third kappa shape index (κ3) is 46.8. The van der Waals surface area contributed by atoms with Crippen LogP contribution in [0.5, 0.6) is 0 Å². The third-order valence-corrected chi connectivity index (χ3v) is 11.1. The average molecular weight is 876 g/mol. The molecule has 10 heteroatoms. The molecule has 0 radical (unpaired) electrons. The van der Waals surface area contributed by atoms with E-state index in [1.165, 1.54) is 77.0 Å². The Kier molecular flexibility index (Phi) is 45.0. The van der Waals surface area contributed by atoms with Crippen LogP contribution in [0.4, 0.5) is 0 Å². The Hall–Kier alpha value is -2.55. The number of esters is 2. The van der Waals surface area contributed by atoms with Crippen LogP contribution in [0, 0.1) is 0 Å². The van der Waals surface area contributed by atoms with Crippen LogP contribution >= 0.6 is 7.82 Å². The van der Waals surface area contributed by atoms with Gasteiger partial charge in [-0.25, -0.2) is 4.57 Å². The zero-order valence-corrected chi connectivity index (χ0v) is 39.8. The molecule has 0 aliphatic carbocycles. The number of unbranched alkanes of at least 4 members (excludes halogenated alkanes) is 20. The number of ether oxygens (including phenoxy) is 2. The van der Waals surface area contributed by atoms with E-state index in [4.69, 9.17) is 24.3 Å². The van der Waals surface area contributed by atoms with Crippen molar-refractivity contribution < 1.29 is 37.6 Å². The molecule has 0 aromatic rings. The minimum absolute atomic E-state index is 0.0483. The maximum absolute atomic E-state index is 12.6. The van der Waals surface area contributed by atoms with Crippen molar-refractivity contribution in [2.75, 3.05) is 26.4 Å². The maximum Gasteiger partial charge on any atom is 0.472 e. The SMILES string of the molecule is CC/C=C\C/C=C\C/C=C\C/C=C\C/C=C\CCCCCCCCCCCC(=O)OC(COC(=O)CCCCCCC/C=C\CCCCCCCC)COP(=O)(O)OCCN. The number of carbonyl (C=O) groups excluding carboxylic acids is 2. The molecule has 0 saturated carbocycles. The molecule has 2 unspecified atom stereocenters. The van der Waals surface area contributed by atoms with E-state index in [1.54, 1.807) is 0 Å². The fourth-order valence-corrected chi connectivity index (χ4v) is 7.24. The summed E-state index contributed by atoms with van der Waals surface area (Å²) >= 11 is 0. The van der Waals surface area contributed by atoms with Crippen LogP contribution in [0.3, 0.4) is 0 Å². The molecule has 0 amide bonds. The van der Waals surface area contributed by atoms with Gasteiger partial charge < -0.3 is 20.1 Å². The minimum Gasteiger partial charge on any atom is -0.462 e. The number of rotatable bonds is 45. The fourth-order valence-electron chi connectivity index (χ4n) is 6.48. The van der Waals surface area contributed by atoms with Crippen molar-refractivity contribution in [3.05, 3.63) is 72.9 Å². The van der Waals surface area contributed by atoms with E-state index < -0.39 is 32.5 Å². The van der Waals surface area contributed by atoms with Crippen molar-refractivity contribution in [1.82, 2.24) is 0 Å². The first-order chi connectivity index (χ1) is 29.8. The summed E-state index contributed by atoms with van der Waals surface area (Å²) in [6.07, 6.45) is 57.9. The van der Waals surface area contributed by atoms with Crippen LogP contribution in [-0.4, -0.2) is 49.3 Å². The lowest BCUT2D eigenvalue weighted by Crippen LogP contribution is -2.29. The standard InChI is InChI=1S/C51H90NO8P/c1-3-5-7-9-11-13-15-17-19-20-21-22-23-24-25-26-27-28-30-32-34-36-38-40-42-44-51(54)60-49(48-59-61(55,56)58-46-45-52)47-57-50(53)43-41-39-37-35-33-31-29-18-16-14-12-10-8-6-4-2/h5,7,11,13,17-19,21-22,24-25,29,49H,3-4,6,8-10,12,14-16,20,23,26-28,30-48,52H2,1-2H3,(H,55,56)/b7-5-,13-11-,19-17-,22-21-,25-24-,29-18-. The molecule has 0 aromatic heterocycles. The summed E-state index contributed by atoms with van der Waals surface area (Å²) < 4.78 is 32.9. The zero-order valence-electron chi connectivity index (χ0n) is 38.9. The molecule has 9 nitrogen and oxygen atoms in total. The van der Waals surface area contributed by atoms with Crippen LogP contribution in [0.15, 0.2) is 72.9 Å². The van der Waals surface area contributed by atoms with Crippen LogP contribution in [-0.2, 0) is 32.7 Å². The second kappa shape index (κ2) is 46.9. The Balaban J connectivity index is 4.09. The quantitative estimate of drug-likeness (QED) is 0.0265. The maximum atomic E-state index is 12.6. The summed E-state index contributed by atoms with van der Waals surface area (Å²) in [5.41, 5.74) is 5.36. The summed E-state index contributed by atoms with van der Waals surface area (Å²) in [5.74, 6) is -0.847. The lowest BCUT2D eigenvalue weighted by atomic mass is 10.1. The molecule has 0 saturated heterocycles. The highest BCUT2D eigenvalue weighted by Crippen LogP contribution is 2.43. The number of phosphoric ester groups is 1. The number of phosphoric acid groups is 1. The van der Waals surface area contributed by atoms with Crippen LogP contribution in [0.25, 0.3) is 0 Å². The lowest BCUT2D eigenvalue weighted by Gasteiger charge is -2.19. The Morgan fingerprint density at radius 2 is 0.902 bits per heavy atom. The molecule has 0 bridgehead atoms. The molecular weight excluding hydrogens is 786 g/mol. The van der Waals surface area contributed by atoms with E-state index in [1.807, 2.05) is 0 Å². The van der Waals surface area contributed by atoms with Crippen LogP contribution in [0.1, 0.15) is 206 Å². The van der Waals surface area contributed by atoms with Gasteiger partial charge in [0.05, 0.1) is 13.2 Å². The smallest absolute Gasteiger partial charge is 0.462 e. The predicted octanol–water partition coefficient (Wildman–Crippen LogP) is 14.6. The molecule has 0 spiro atoms. The van der Waals surface area contributed by atoms with Crippen molar-refractivity contribution in [3.8, 4) is 0 Å². The molecule has 352 valence electrons. The highest BCUT2D eigenvalue weighted by Gasteiger charge is 2.26. The number of allylic oxidation sites excluding steroid dienone is 12. The van der Waals surface area contributed by atoms with Gasteiger partial charge in [0.2, 0.25) is 0 Å². The number of hydrogen-bond acceptors (Lipinski definition) is 8. The van der Waals surface area contributed by atoms with Gasteiger partial charge in [0.25, 0.3) is 0 Å². The monoisotopic (exact) mass is 876 g/mol. The predicted molar refractivity (Wildman–Crippen MR) is 256 cm³/mol. The Morgan fingerprint density at radius 3 is 1.36 bits per heavy atom. The highest BCUT2D eigenvalue weighted by molar-refractivity contribution is 7.47. The van der Waals surface area contributed by atoms with Gasteiger partial charge in [0.15, 0.2) is 6.10 Å². The van der Waals surface area contributed by atoms with Crippen molar-refractivity contribution in [2.24, 2.45) is 5.73 Å². The second-order valence-corrected chi connectivity index (χ2v) is 17.4. The van der Waals surface area contributed by atoms with E-state index >= 15 is 0 Å². The average Bonchev–Trinajstić information content (AvgIpc) is 3.25. The molecule has 0 aromatic carbocycles. The summed E-state index contributed by atoms with van der Waals surface area (Å²) in [7, 11) is -4.39. The van der Waals surface area contributed by atoms with Crippen molar-refractivity contribution >= 4 is 19.8 Å². The largest absolute Gasteiger partial charge is 0.472 e. The van der Waals surface area contributed by atoms with E-state index in [9.17, 15) is 19.0 Å². The van der Waals surface area contributed by atoms with Gasteiger partial charge in [-0.15, -0.1) is 0 Å². The van der Waals surface area contributed by atoms with Gasteiger partial charge in [0.1, 0.15) is 6.61 Å².